The van der Waals surface area contributed by atoms with E-state index in [1.807, 2.05) is 54.8 Å². The minimum atomic E-state index is -0.509. The molecule has 7 heteroatoms. The van der Waals surface area contributed by atoms with E-state index in [1.54, 1.807) is 7.11 Å². The lowest BCUT2D eigenvalue weighted by Crippen LogP contribution is -2.18. The van der Waals surface area contributed by atoms with Gasteiger partial charge in [0.1, 0.15) is 5.75 Å². The van der Waals surface area contributed by atoms with Crippen LogP contribution in [-0.4, -0.2) is 28.5 Å². The minimum absolute atomic E-state index is 0.446. The van der Waals surface area contributed by atoms with Gasteiger partial charge in [0.15, 0.2) is 5.69 Å². The summed E-state index contributed by atoms with van der Waals surface area (Å²) in [4.78, 5) is 4.59. The molecule has 1 unspecified atom stereocenters. The van der Waals surface area contributed by atoms with Crippen LogP contribution in [0.4, 0.5) is 5.69 Å². The first-order valence-corrected chi connectivity index (χ1v) is 10.4. The number of aromatic nitrogens is 3. The molecule has 1 N–H and O–H groups in total. The van der Waals surface area contributed by atoms with Gasteiger partial charge in [-0.15, -0.1) is 10.2 Å². The van der Waals surface area contributed by atoms with Crippen LogP contribution in [0.5, 0.6) is 11.6 Å². The molecule has 0 spiro atoms. The molecule has 5 rings (SSSR count). The Morgan fingerprint density at radius 2 is 1.83 bits per heavy atom. The van der Waals surface area contributed by atoms with Crippen LogP contribution in [0.15, 0.2) is 65.8 Å². The molecule has 4 aromatic rings. The fraction of sp³-hybridized carbons (Fsp3) is 0.136. The number of fused-ring (bicyclic) bond motifs is 4. The average Bonchev–Trinajstić information content (AvgIpc) is 2.94. The van der Waals surface area contributed by atoms with Gasteiger partial charge in [-0.25, -0.2) is 0 Å². The zero-order chi connectivity index (χ0) is 19.8. The van der Waals surface area contributed by atoms with Crippen LogP contribution >= 0.6 is 11.8 Å². The lowest BCUT2D eigenvalue weighted by Gasteiger charge is -2.23. The van der Waals surface area contributed by atoms with Gasteiger partial charge >= 0.3 is 0 Å². The molecule has 0 radical (unpaired) electrons. The topological polar surface area (TPSA) is 69.2 Å². The van der Waals surface area contributed by atoms with Gasteiger partial charge in [-0.2, -0.15) is 4.98 Å². The van der Waals surface area contributed by atoms with Crippen molar-refractivity contribution >= 4 is 28.2 Å². The Balaban J connectivity index is 1.75. The number of hydrogen-bond acceptors (Lipinski definition) is 7. The number of rotatable bonds is 3. The van der Waals surface area contributed by atoms with E-state index in [-0.39, 0.29) is 0 Å². The van der Waals surface area contributed by atoms with Gasteiger partial charge in [-0.3, -0.25) is 0 Å². The van der Waals surface area contributed by atoms with E-state index in [2.05, 4.69) is 32.6 Å². The summed E-state index contributed by atoms with van der Waals surface area (Å²) < 4.78 is 12.1. The van der Waals surface area contributed by atoms with Crippen molar-refractivity contribution in [2.75, 3.05) is 18.7 Å². The highest BCUT2D eigenvalue weighted by Crippen LogP contribution is 2.42. The maximum Gasteiger partial charge on any atom is 0.247 e. The highest BCUT2D eigenvalue weighted by molar-refractivity contribution is 7.98. The first-order chi connectivity index (χ1) is 14.3. The van der Waals surface area contributed by atoms with Crippen LogP contribution in [0.3, 0.4) is 0 Å². The smallest absolute Gasteiger partial charge is 0.247 e. The number of thioether (sulfide) groups is 1. The molecular formula is C22H18N4O2S. The Kier molecular flexibility index (Phi) is 4.44. The Hall–Kier alpha value is -3.32. The third-order valence-corrected chi connectivity index (χ3v) is 5.47. The number of hydrogen-bond donors (Lipinski definition) is 1. The molecule has 0 amide bonds. The predicted molar refractivity (Wildman–Crippen MR) is 115 cm³/mol. The van der Waals surface area contributed by atoms with E-state index in [4.69, 9.17) is 9.47 Å². The summed E-state index contributed by atoms with van der Waals surface area (Å²) in [5, 5.41) is 14.8. The Bertz CT molecular complexity index is 1210. The first-order valence-electron chi connectivity index (χ1n) is 9.15. The molecule has 6 nitrogen and oxygen atoms in total. The summed E-state index contributed by atoms with van der Waals surface area (Å²) in [6.45, 7) is 0. The Morgan fingerprint density at radius 1 is 1.00 bits per heavy atom. The van der Waals surface area contributed by atoms with E-state index < -0.39 is 6.23 Å². The number of nitrogens with one attached hydrogen (secondary N) is 1. The van der Waals surface area contributed by atoms with Gasteiger partial charge < -0.3 is 14.8 Å². The molecule has 2 heterocycles. The van der Waals surface area contributed by atoms with Crippen molar-refractivity contribution in [3.63, 3.8) is 0 Å². The van der Waals surface area contributed by atoms with Gasteiger partial charge in [-0.1, -0.05) is 60.3 Å². The molecule has 0 aliphatic carbocycles. The van der Waals surface area contributed by atoms with E-state index in [1.165, 1.54) is 11.8 Å². The number of ether oxygens (including phenoxy) is 2. The van der Waals surface area contributed by atoms with Crippen LogP contribution in [0, 0.1) is 0 Å². The van der Waals surface area contributed by atoms with E-state index in [0.717, 1.165) is 33.3 Å². The maximum absolute atomic E-state index is 6.40. The summed E-state index contributed by atoms with van der Waals surface area (Å²) >= 11 is 1.43. The normalized spacial score (nSPS) is 14.9. The lowest BCUT2D eigenvalue weighted by atomic mass is 10.0. The molecular weight excluding hydrogens is 384 g/mol. The highest BCUT2D eigenvalue weighted by atomic mass is 32.2. The predicted octanol–water partition coefficient (Wildman–Crippen LogP) is 4.93. The SMILES string of the molecule is COc1ccc2ccccc2c1C1Nc2ccccc2-c2nnc(SC)nc2O1. The fourth-order valence-electron chi connectivity index (χ4n) is 3.59. The molecule has 29 heavy (non-hydrogen) atoms. The van der Waals surface area contributed by atoms with Crippen molar-refractivity contribution < 1.29 is 9.47 Å². The molecule has 1 aromatic heterocycles. The van der Waals surface area contributed by atoms with Crippen LogP contribution in [-0.2, 0) is 0 Å². The average molecular weight is 402 g/mol. The molecule has 1 aliphatic rings. The zero-order valence-electron chi connectivity index (χ0n) is 15.9. The third kappa shape index (κ3) is 3.03. The summed E-state index contributed by atoms with van der Waals surface area (Å²) in [6.07, 6.45) is 1.40. The molecule has 0 saturated heterocycles. The number of anilines is 1. The quantitative estimate of drug-likeness (QED) is 0.488. The second-order valence-corrected chi connectivity index (χ2v) is 7.32. The van der Waals surface area contributed by atoms with E-state index in [0.29, 0.717) is 16.7 Å². The summed E-state index contributed by atoms with van der Waals surface area (Å²) in [7, 11) is 1.67. The van der Waals surface area contributed by atoms with Gasteiger partial charge in [0.25, 0.3) is 0 Å². The van der Waals surface area contributed by atoms with Gasteiger partial charge in [0, 0.05) is 11.3 Å². The number of nitrogens with zero attached hydrogens (tertiary/aromatic N) is 3. The van der Waals surface area contributed by atoms with Crippen molar-refractivity contribution in [2.45, 2.75) is 11.4 Å². The molecule has 0 saturated carbocycles. The summed E-state index contributed by atoms with van der Waals surface area (Å²) in [5.74, 6) is 1.19. The van der Waals surface area contributed by atoms with Crippen LogP contribution in [0.25, 0.3) is 22.0 Å². The van der Waals surface area contributed by atoms with E-state index in [9.17, 15) is 0 Å². The van der Waals surface area contributed by atoms with Crippen molar-refractivity contribution in [2.24, 2.45) is 0 Å². The second-order valence-electron chi connectivity index (χ2n) is 6.54. The Labute approximate surface area is 172 Å². The minimum Gasteiger partial charge on any atom is -0.496 e. The number of benzene rings is 3. The van der Waals surface area contributed by atoms with Gasteiger partial charge in [-0.05, 0) is 29.2 Å². The second kappa shape index (κ2) is 7.25. The van der Waals surface area contributed by atoms with E-state index >= 15 is 0 Å². The monoisotopic (exact) mass is 402 g/mol. The van der Waals surface area contributed by atoms with Crippen LogP contribution in [0.1, 0.15) is 11.8 Å². The molecule has 0 fully saturated rings. The first kappa shape index (κ1) is 17.8. The van der Waals surface area contributed by atoms with Crippen molar-refractivity contribution in [1.82, 2.24) is 15.2 Å². The largest absolute Gasteiger partial charge is 0.496 e. The van der Waals surface area contributed by atoms with Crippen LogP contribution < -0.4 is 14.8 Å². The molecule has 1 aliphatic heterocycles. The summed E-state index contributed by atoms with van der Waals surface area (Å²) in [5.41, 5.74) is 3.33. The molecule has 1 atom stereocenters. The standard InChI is InChI=1S/C22H18N4O2S/c1-27-17-12-11-13-7-3-4-8-14(13)18(17)20-23-16-10-6-5-9-15(16)19-21(28-20)24-22(29-2)26-25-19/h3-12,20,23H,1-2H3. The lowest BCUT2D eigenvalue weighted by molar-refractivity contribution is 0.221. The highest BCUT2D eigenvalue weighted by Gasteiger charge is 2.29. The molecule has 0 bridgehead atoms. The third-order valence-electron chi connectivity index (χ3n) is 4.93. The van der Waals surface area contributed by atoms with Gasteiger partial charge in [0.05, 0.1) is 12.7 Å². The fourth-order valence-corrected chi connectivity index (χ4v) is 3.89. The number of para-hydroxylation sites is 1. The van der Waals surface area contributed by atoms with Crippen molar-refractivity contribution in [3.05, 3.63) is 66.2 Å². The molecule has 3 aromatic carbocycles. The summed E-state index contributed by atoms with van der Waals surface area (Å²) in [6, 6.07) is 20.1. The molecule has 144 valence electrons. The maximum atomic E-state index is 6.40. The Morgan fingerprint density at radius 3 is 2.69 bits per heavy atom. The van der Waals surface area contributed by atoms with Crippen molar-refractivity contribution in [1.29, 1.82) is 0 Å². The number of methoxy groups -OCH3 is 1. The zero-order valence-corrected chi connectivity index (χ0v) is 16.7. The van der Waals surface area contributed by atoms with Crippen LogP contribution in [0.2, 0.25) is 0 Å². The van der Waals surface area contributed by atoms with Gasteiger partial charge in [0.2, 0.25) is 17.3 Å². The van der Waals surface area contributed by atoms with Crippen molar-refractivity contribution in [3.8, 4) is 22.9 Å².